The van der Waals surface area contributed by atoms with Gasteiger partial charge in [0.05, 0.1) is 18.7 Å². The van der Waals surface area contributed by atoms with Gasteiger partial charge in [-0.3, -0.25) is 9.69 Å². The summed E-state index contributed by atoms with van der Waals surface area (Å²) in [6.07, 6.45) is 1.08. The van der Waals surface area contributed by atoms with E-state index >= 15 is 0 Å². The Labute approximate surface area is 114 Å². The second-order valence-corrected chi connectivity index (χ2v) is 6.05. The van der Waals surface area contributed by atoms with E-state index in [1.54, 1.807) is 0 Å². The van der Waals surface area contributed by atoms with E-state index in [1.807, 2.05) is 11.4 Å². The van der Waals surface area contributed by atoms with Crippen molar-refractivity contribution in [3.05, 3.63) is 27.6 Å². The molecule has 0 aromatic carbocycles. The van der Waals surface area contributed by atoms with Gasteiger partial charge in [0.1, 0.15) is 10.5 Å². The van der Waals surface area contributed by atoms with Gasteiger partial charge in [0.15, 0.2) is 0 Å². The fourth-order valence-electron chi connectivity index (χ4n) is 2.77. The molecular weight excluding hydrogens is 262 g/mol. The first-order valence-electron chi connectivity index (χ1n) is 6.50. The summed E-state index contributed by atoms with van der Waals surface area (Å²) in [6.45, 7) is 3.85. The first-order chi connectivity index (χ1) is 9.19. The summed E-state index contributed by atoms with van der Waals surface area (Å²) in [7, 11) is 0. The van der Waals surface area contributed by atoms with Gasteiger partial charge in [0, 0.05) is 6.04 Å². The normalized spacial score (nSPS) is 24.3. The van der Waals surface area contributed by atoms with Crippen LogP contribution in [0.15, 0.2) is 16.2 Å². The molecule has 3 rings (SSSR count). The maximum Gasteiger partial charge on any atom is 0.268 e. The molecule has 6 heteroatoms. The van der Waals surface area contributed by atoms with Crippen LogP contribution in [-0.2, 0) is 6.54 Å². The van der Waals surface area contributed by atoms with Gasteiger partial charge in [-0.1, -0.05) is 6.92 Å². The molecule has 2 N–H and O–H groups in total. The van der Waals surface area contributed by atoms with Crippen LogP contribution in [0.1, 0.15) is 19.2 Å². The third-order valence-electron chi connectivity index (χ3n) is 3.90. The van der Waals surface area contributed by atoms with Gasteiger partial charge in [-0.2, -0.15) is 0 Å². The van der Waals surface area contributed by atoms with Crippen molar-refractivity contribution < 1.29 is 5.11 Å². The molecular formula is C13H17N3O2S. The Morgan fingerprint density at radius 1 is 1.63 bits per heavy atom. The summed E-state index contributed by atoms with van der Waals surface area (Å²) in [6, 6.07) is 2.04. The number of hydrogen-bond acceptors (Lipinski definition) is 5. The first-order valence-corrected chi connectivity index (χ1v) is 7.38. The molecule has 3 heterocycles. The van der Waals surface area contributed by atoms with E-state index in [4.69, 9.17) is 0 Å². The number of hydrogen-bond donors (Lipinski definition) is 2. The molecule has 1 saturated heterocycles. The SMILES string of the molecule is CC1CCN(Cc2nc3ccsc3c(=O)[nH]2)C1CO. The number of fused-ring (bicyclic) bond motifs is 1. The van der Waals surface area contributed by atoms with Crippen molar-refractivity contribution in [3.63, 3.8) is 0 Å². The summed E-state index contributed by atoms with van der Waals surface area (Å²) in [5.41, 5.74) is 0.694. The molecule has 0 aliphatic carbocycles. The molecule has 5 nitrogen and oxygen atoms in total. The lowest BCUT2D eigenvalue weighted by Gasteiger charge is -2.24. The summed E-state index contributed by atoms with van der Waals surface area (Å²) >= 11 is 1.41. The Hall–Kier alpha value is -1.24. The van der Waals surface area contributed by atoms with Crippen LogP contribution in [-0.4, -0.2) is 39.2 Å². The second kappa shape index (κ2) is 5.03. The number of thiophene rings is 1. The summed E-state index contributed by atoms with van der Waals surface area (Å²) in [4.78, 5) is 21.4. The number of nitrogens with one attached hydrogen (secondary N) is 1. The maximum absolute atomic E-state index is 11.9. The van der Waals surface area contributed by atoms with E-state index in [0.29, 0.717) is 23.0 Å². The van der Waals surface area contributed by atoms with Crippen molar-refractivity contribution in [2.45, 2.75) is 25.9 Å². The van der Waals surface area contributed by atoms with Crippen LogP contribution in [0.5, 0.6) is 0 Å². The van der Waals surface area contributed by atoms with E-state index in [1.165, 1.54) is 11.3 Å². The highest BCUT2D eigenvalue weighted by molar-refractivity contribution is 7.17. The van der Waals surface area contributed by atoms with Crippen LogP contribution in [0.4, 0.5) is 0 Å². The standard InChI is InChI=1S/C13H17N3O2S/c1-8-2-4-16(10(8)7-17)6-11-14-9-3-5-19-12(9)13(18)15-11/h3,5,8,10,17H,2,4,6-7H2,1H3,(H,14,15,18). The molecule has 2 atom stereocenters. The Balaban J connectivity index is 1.87. The van der Waals surface area contributed by atoms with Crippen LogP contribution in [0.25, 0.3) is 10.2 Å². The van der Waals surface area contributed by atoms with Gasteiger partial charge in [-0.25, -0.2) is 4.98 Å². The molecule has 0 bridgehead atoms. The zero-order chi connectivity index (χ0) is 13.4. The number of aliphatic hydroxyl groups excluding tert-OH is 1. The van der Waals surface area contributed by atoms with Crippen LogP contribution in [0.3, 0.4) is 0 Å². The van der Waals surface area contributed by atoms with Gasteiger partial charge in [-0.05, 0) is 30.3 Å². The lowest BCUT2D eigenvalue weighted by atomic mass is 10.0. The molecule has 2 aromatic heterocycles. The van der Waals surface area contributed by atoms with Crippen molar-refractivity contribution in [2.75, 3.05) is 13.2 Å². The van der Waals surface area contributed by atoms with Gasteiger partial charge in [0.25, 0.3) is 5.56 Å². The predicted octanol–water partition coefficient (Wildman–Crippen LogP) is 1.19. The molecule has 0 saturated carbocycles. The van der Waals surface area contributed by atoms with E-state index in [9.17, 15) is 9.90 Å². The van der Waals surface area contributed by atoms with Crippen LogP contribution in [0, 0.1) is 5.92 Å². The van der Waals surface area contributed by atoms with Crippen LogP contribution < -0.4 is 5.56 Å². The quantitative estimate of drug-likeness (QED) is 0.885. The second-order valence-electron chi connectivity index (χ2n) is 5.13. The zero-order valence-corrected chi connectivity index (χ0v) is 11.6. The number of nitrogens with zero attached hydrogens (tertiary/aromatic N) is 2. The smallest absolute Gasteiger partial charge is 0.268 e. The highest BCUT2D eigenvalue weighted by Crippen LogP contribution is 2.24. The summed E-state index contributed by atoms with van der Waals surface area (Å²) < 4.78 is 0.678. The van der Waals surface area contributed by atoms with Crippen molar-refractivity contribution >= 4 is 21.6 Å². The number of rotatable bonds is 3. The molecule has 1 aliphatic rings. The predicted molar refractivity (Wildman–Crippen MR) is 75.3 cm³/mol. The van der Waals surface area contributed by atoms with Crippen molar-refractivity contribution in [3.8, 4) is 0 Å². The Morgan fingerprint density at radius 3 is 3.26 bits per heavy atom. The fourth-order valence-corrected chi connectivity index (χ4v) is 3.49. The van der Waals surface area contributed by atoms with Gasteiger partial charge in [0.2, 0.25) is 0 Å². The van der Waals surface area contributed by atoms with Crippen LogP contribution in [0.2, 0.25) is 0 Å². The average molecular weight is 279 g/mol. The van der Waals surface area contributed by atoms with E-state index in [2.05, 4.69) is 21.8 Å². The lowest BCUT2D eigenvalue weighted by molar-refractivity contribution is 0.132. The molecule has 0 spiro atoms. The van der Waals surface area contributed by atoms with E-state index in [0.717, 1.165) is 18.5 Å². The molecule has 2 unspecified atom stereocenters. The van der Waals surface area contributed by atoms with Crippen molar-refractivity contribution in [2.24, 2.45) is 5.92 Å². The number of H-pyrrole nitrogens is 1. The van der Waals surface area contributed by atoms with Crippen molar-refractivity contribution in [1.82, 2.24) is 14.9 Å². The molecule has 0 radical (unpaired) electrons. The van der Waals surface area contributed by atoms with Gasteiger partial charge < -0.3 is 10.1 Å². The molecule has 102 valence electrons. The van der Waals surface area contributed by atoms with E-state index in [-0.39, 0.29) is 18.2 Å². The highest BCUT2D eigenvalue weighted by Gasteiger charge is 2.30. The van der Waals surface area contributed by atoms with Gasteiger partial charge in [-0.15, -0.1) is 11.3 Å². The third kappa shape index (κ3) is 2.31. The summed E-state index contributed by atoms with van der Waals surface area (Å²) in [5.74, 6) is 1.17. The number of aliphatic hydroxyl groups is 1. The lowest BCUT2D eigenvalue weighted by Crippen LogP contribution is -2.35. The minimum absolute atomic E-state index is 0.0669. The maximum atomic E-state index is 11.9. The average Bonchev–Trinajstić information content (AvgIpc) is 2.97. The number of aromatic nitrogens is 2. The number of aromatic amines is 1. The molecule has 19 heavy (non-hydrogen) atoms. The number of likely N-dealkylation sites (tertiary alicyclic amines) is 1. The minimum atomic E-state index is -0.0669. The third-order valence-corrected chi connectivity index (χ3v) is 4.80. The van der Waals surface area contributed by atoms with Gasteiger partial charge >= 0.3 is 0 Å². The Bertz CT molecular complexity index is 636. The molecule has 2 aromatic rings. The largest absolute Gasteiger partial charge is 0.395 e. The first kappa shape index (κ1) is 12.8. The molecule has 0 amide bonds. The Kier molecular flexibility index (Phi) is 3.38. The minimum Gasteiger partial charge on any atom is -0.395 e. The molecule has 1 aliphatic heterocycles. The fraction of sp³-hybridized carbons (Fsp3) is 0.538. The highest BCUT2D eigenvalue weighted by atomic mass is 32.1. The Morgan fingerprint density at radius 2 is 2.47 bits per heavy atom. The monoisotopic (exact) mass is 279 g/mol. The summed E-state index contributed by atoms with van der Waals surface area (Å²) in [5, 5.41) is 11.3. The van der Waals surface area contributed by atoms with E-state index < -0.39 is 0 Å². The van der Waals surface area contributed by atoms with Crippen molar-refractivity contribution in [1.29, 1.82) is 0 Å². The molecule has 1 fully saturated rings. The topological polar surface area (TPSA) is 69.2 Å². The van der Waals surface area contributed by atoms with Crippen LogP contribution >= 0.6 is 11.3 Å². The zero-order valence-electron chi connectivity index (χ0n) is 10.8.